The number of benzene rings is 1. The number of carbonyl (C=O) groups is 1. The molecular formula is C22H33N3O. The van der Waals surface area contributed by atoms with Gasteiger partial charge in [0.25, 0.3) is 0 Å². The third kappa shape index (κ3) is 4.29. The zero-order chi connectivity index (χ0) is 17.9. The second-order valence-electron chi connectivity index (χ2n) is 8.73. The van der Waals surface area contributed by atoms with Crippen LogP contribution >= 0.6 is 0 Å². The standard InChI is InChI=1S/C22H33N3O/c1-17(21-14-19-7-8-20(21)13-19)23-22(26)16-25-11-9-24(10-12-25)15-18-5-3-2-4-6-18/h2-6,17,19-21H,7-16H2,1H3,(H,23,26)/t17-,19+,20+,21-/m1/s1. The number of hydrogen-bond acceptors (Lipinski definition) is 3. The molecule has 0 spiro atoms. The van der Waals surface area contributed by atoms with E-state index in [-0.39, 0.29) is 5.91 Å². The van der Waals surface area contributed by atoms with Gasteiger partial charge >= 0.3 is 0 Å². The molecule has 2 bridgehead atoms. The van der Waals surface area contributed by atoms with Gasteiger partial charge in [0.15, 0.2) is 0 Å². The van der Waals surface area contributed by atoms with Crippen molar-refractivity contribution in [1.29, 1.82) is 0 Å². The Kier molecular flexibility index (Phi) is 5.60. The molecule has 0 unspecified atom stereocenters. The summed E-state index contributed by atoms with van der Waals surface area (Å²) in [7, 11) is 0. The van der Waals surface area contributed by atoms with E-state index >= 15 is 0 Å². The second kappa shape index (κ2) is 8.10. The maximum atomic E-state index is 12.5. The minimum Gasteiger partial charge on any atom is -0.352 e. The summed E-state index contributed by atoms with van der Waals surface area (Å²) in [5, 5.41) is 3.31. The number of nitrogens with zero attached hydrogens (tertiary/aromatic N) is 2. The smallest absolute Gasteiger partial charge is 0.234 e. The number of carbonyl (C=O) groups excluding carboxylic acids is 1. The molecule has 1 N–H and O–H groups in total. The summed E-state index contributed by atoms with van der Waals surface area (Å²) in [6.45, 7) is 7.87. The summed E-state index contributed by atoms with van der Waals surface area (Å²) in [4.78, 5) is 17.3. The van der Waals surface area contributed by atoms with Gasteiger partial charge in [0.05, 0.1) is 6.54 Å². The molecule has 3 aliphatic rings. The molecule has 0 aromatic heterocycles. The lowest BCUT2D eigenvalue weighted by Gasteiger charge is -2.35. The fourth-order valence-electron chi connectivity index (χ4n) is 5.46. The van der Waals surface area contributed by atoms with Crippen LogP contribution in [-0.2, 0) is 11.3 Å². The van der Waals surface area contributed by atoms with Crippen LogP contribution in [0.5, 0.6) is 0 Å². The maximum Gasteiger partial charge on any atom is 0.234 e. The fraction of sp³-hybridized carbons (Fsp3) is 0.682. The molecule has 4 rings (SSSR count). The molecule has 2 aliphatic carbocycles. The van der Waals surface area contributed by atoms with Crippen LogP contribution < -0.4 is 5.32 Å². The van der Waals surface area contributed by atoms with Gasteiger partial charge in [0.2, 0.25) is 5.91 Å². The highest BCUT2D eigenvalue weighted by molar-refractivity contribution is 5.78. The maximum absolute atomic E-state index is 12.5. The molecule has 1 saturated heterocycles. The van der Waals surface area contributed by atoms with Gasteiger partial charge in [0.1, 0.15) is 0 Å². The van der Waals surface area contributed by atoms with Gasteiger partial charge in [-0.2, -0.15) is 0 Å². The Labute approximate surface area is 157 Å². The molecule has 2 saturated carbocycles. The van der Waals surface area contributed by atoms with Crippen LogP contribution in [0.4, 0.5) is 0 Å². The first-order chi connectivity index (χ1) is 12.7. The Balaban J connectivity index is 1.17. The molecule has 1 aromatic carbocycles. The largest absolute Gasteiger partial charge is 0.352 e. The molecule has 26 heavy (non-hydrogen) atoms. The second-order valence-corrected chi connectivity index (χ2v) is 8.73. The van der Waals surface area contributed by atoms with Crippen molar-refractivity contribution in [2.45, 2.75) is 45.2 Å². The van der Waals surface area contributed by atoms with Crippen LogP contribution in [0, 0.1) is 17.8 Å². The van der Waals surface area contributed by atoms with Crippen LogP contribution in [0.15, 0.2) is 30.3 Å². The highest BCUT2D eigenvalue weighted by atomic mass is 16.2. The topological polar surface area (TPSA) is 35.6 Å². The lowest BCUT2D eigenvalue weighted by atomic mass is 9.84. The molecule has 4 atom stereocenters. The van der Waals surface area contributed by atoms with Crippen molar-refractivity contribution in [2.24, 2.45) is 17.8 Å². The summed E-state index contributed by atoms with van der Waals surface area (Å²) in [5.74, 6) is 2.76. The van der Waals surface area contributed by atoms with E-state index in [0.29, 0.717) is 12.6 Å². The molecule has 3 fully saturated rings. The predicted molar refractivity (Wildman–Crippen MR) is 105 cm³/mol. The molecule has 4 heteroatoms. The highest BCUT2D eigenvalue weighted by Gasteiger charge is 2.42. The summed E-state index contributed by atoms with van der Waals surface area (Å²) in [6, 6.07) is 11.0. The third-order valence-electron chi connectivity index (χ3n) is 6.90. The average molecular weight is 356 g/mol. The molecule has 4 nitrogen and oxygen atoms in total. The number of piperazine rings is 1. The molecule has 1 aromatic rings. The van der Waals surface area contributed by atoms with Crippen LogP contribution in [0.2, 0.25) is 0 Å². The summed E-state index contributed by atoms with van der Waals surface area (Å²) in [6.07, 6.45) is 5.56. The minimum absolute atomic E-state index is 0.219. The van der Waals surface area contributed by atoms with Crippen molar-refractivity contribution in [3.8, 4) is 0 Å². The van der Waals surface area contributed by atoms with Gasteiger partial charge in [0, 0.05) is 38.8 Å². The number of nitrogens with one attached hydrogen (secondary N) is 1. The first kappa shape index (κ1) is 18.0. The van der Waals surface area contributed by atoms with Crippen molar-refractivity contribution in [1.82, 2.24) is 15.1 Å². The van der Waals surface area contributed by atoms with Crippen LogP contribution in [-0.4, -0.2) is 54.5 Å². The van der Waals surface area contributed by atoms with Crippen molar-refractivity contribution < 1.29 is 4.79 Å². The van der Waals surface area contributed by atoms with Crippen molar-refractivity contribution in [3.63, 3.8) is 0 Å². The first-order valence-corrected chi connectivity index (χ1v) is 10.5. The molecule has 142 valence electrons. The molecule has 1 aliphatic heterocycles. The summed E-state index contributed by atoms with van der Waals surface area (Å²) < 4.78 is 0. The SMILES string of the molecule is C[C@@H](NC(=O)CN1CCN(Cc2ccccc2)CC1)[C@H]1C[C@H]2CC[C@H]1C2. The minimum atomic E-state index is 0.219. The number of rotatable bonds is 6. The van der Waals surface area contributed by atoms with Gasteiger partial charge in [-0.15, -0.1) is 0 Å². The van der Waals surface area contributed by atoms with E-state index in [0.717, 1.165) is 50.5 Å². The van der Waals surface area contributed by atoms with E-state index in [4.69, 9.17) is 0 Å². The van der Waals surface area contributed by atoms with E-state index in [1.165, 1.54) is 31.2 Å². The molecule has 1 amide bonds. The van der Waals surface area contributed by atoms with Gasteiger partial charge in [-0.3, -0.25) is 14.6 Å². The molecule has 1 heterocycles. The van der Waals surface area contributed by atoms with E-state index in [2.05, 4.69) is 52.4 Å². The Hall–Kier alpha value is -1.39. The third-order valence-corrected chi connectivity index (χ3v) is 6.90. The lowest BCUT2D eigenvalue weighted by Crippen LogP contribution is -2.50. The van der Waals surface area contributed by atoms with Crippen LogP contribution in [0.3, 0.4) is 0 Å². The van der Waals surface area contributed by atoms with Gasteiger partial charge in [-0.05, 0) is 49.5 Å². The predicted octanol–water partition coefficient (Wildman–Crippen LogP) is 2.75. The zero-order valence-corrected chi connectivity index (χ0v) is 16.1. The van der Waals surface area contributed by atoms with Crippen LogP contribution in [0.25, 0.3) is 0 Å². The summed E-state index contributed by atoms with van der Waals surface area (Å²) in [5.41, 5.74) is 1.37. The Morgan fingerprint density at radius 1 is 1.08 bits per heavy atom. The van der Waals surface area contributed by atoms with Crippen molar-refractivity contribution in [2.75, 3.05) is 32.7 Å². The van der Waals surface area contributed by atoms with Crippen molar-refractivity contribution in [3.05, 3.63) is 35.9 Å². The van der Waals surface area contributed by atoms with Gasteiger partial charge in [-0.1, -0.05) is 36.8 Å². The van der Waals surface area contributed by atoms with Crippen molar-refractivity contribution >= 4 is 5.91 Å². The fourth-order valence-corrected chi connectivity index (χ4v) is 5.46. The Morgan fingerprint density at radius 3 is 2.46 bits per heavy atom. The Bertz CT molecular complexity index is 597. The molecule has 0 radical (unpaired) electrons. The molecular weight excluding hydrogens is 322 g/mol. The van der Waals surface area contributed by atoms with E-state index < -0.39 is 0 Å². The normalized spacial score (nSPS) is 30.4. The average Bonchev–Trinajstić information content (AvgIpc) is 3.28. The van der Waals surface area contributed by atoms with E-state index in [1.54, 1.807) is 0 Å². The quantitative estimate of drug-likeness (QED) is 0.852. The Morgan fingerprint density at radius 2 is 1.81 bits per heavy atom. The summed E-state index contributed by atoms with van der Waals surface area (Å²) >= 11 is 0. The number of fused-ring (bicyclic) bond motifs is 2. The number of hydrogen-bond donors (Lipinski definition) is 1. The highest BCUT2D eigenvalue weighted by Crippen LogP contribution is 2.49. The zero-order valence-electron chi connectivity index (χ0n) is 16.1. The van der Waals surface area contributed by atoms with Gasteiger partial charge in [-0.25, -0.2) is 0 Å². The monoisotopic (exact) mass is 355 g/mol. The van der Waals surface area contributed by atoms with Gasteiger partial charge < -0.3 is 5.32 Å². The first-order valence-electron chi connectivity index (χ1n) is 10.5. The van der Waals surface area contributed by atoms with Crippen LogP contribution in [0.1, 0.15) is 38.2 Å². The van der Waals surface area contributed by atoms with E-state index in [1.807, 2.05) is 0 Å². The lowest BCUT2D eigenvalue weighted by molar-refractivity contribution is -0.123. The van der Waals surface area contributed by atoms with E-state index in [9.17, 15) is 4.79 Å². The number of amides is 1.